The molecule has 7 heteroatoms. The molecule has 0 aliphatic carbocycles. The van der Waals surface area contributed by atoms with E-state index in [0.29, 0.717) is 10.6 Å². The highest BCUT2D eigenvalue weighted by atomic mass is 32.2. The average Bonchev–Trinajstić information content (AvgIpc) is 2.66. The fraction of sp³-hybridized carbons (Fsp3) is 0.250. The fourth-order valence-electron chi connectivity index (χ4n) is 2.72. The second-order valence-corrected chi connectivity index (χ2v) is 9.53. The van der Waals surface area contributed by atoms with Gasteiger partial charge in [-0.2, -0.15) is 0 Å². The van der Waals surface area contributed by atoms with Gasteiger partial charge in [-0.15, -0.1) is 11.8 Å². The Labute approximate surface area is 164 Å². The molecule has 142 valence electrons. The maximum absolute atomic E-state index is 12.3. The summed E-state index contributed by atoms with van der Waals surface area (Å²) in [5.41, 5.74) is 2.97. The number of pyridine rings is 1. The molecule has 0 N–H and O–H groups in total. The Bertz CT molecular complexity index is 1080. The van der Waals surface area contributed by atoms with Crippen molar-refractivity contribution in [3.8, 4) is 5.75 Å². The van der Waals surface area contributed by atoms with Crippen molar-refractivity contribution < 1.29 is 13.2 Å². The minimum Gasteiger partial charge on any atom is -0.497 e. The third-order valence-electron chi connectivity index (χ3n) is 4.26. The van der Waals surface area contributed by atoms with Crippen molar-refractivity contribution in [2.75, 3.05) is 21.2 Å². The predicted octanol–water partition coefficient (Wildman–Crippen LogP) is 4.09. The molecule has 0 saturated carbocycles. The third kappa shape index (κ3) is 4.26. The molecule has 2 aromatic carbocycles. The fourth-order valence-corrected chi connectivity index (χ4v) is 4.61. The van der Waals surface area contributed by atoms with E-state index in [-0.39, 0.29) is 0 Å². The van der Waals surface area contributed by atoms with Crippen LogP contribution in [0.5, 0.6) is 5.75 Å². The number of thioether (sulfide) groups is 1. The first-order valence-electron chi connectivity index (χ1n) is 8.41. The van der Waals surface area contributed by atoms with E-state index in [4.69, 9.17) is 9.72 Å². The summed E-state index contributed by atoms with van der Waals surface area (Å²) in [6, 6.07) is 15.0. The number of methoxy groups -OCH3 is 1. The van der Waals surface area contributed by atoms with E-state index in [0.717, 1.165) is 32.8 Å². The summed E-state index contributed by atoms with van der Waals surface area (Å²) in [5, 5.41) is 1.99. The number of aryl methyl sites for hydroxylation is 1. The van der Waals surface area contributed by atoms with E-state index in [2.05, 4.69) is 13.0 Å². The van der Waals surface area contributed by atoms with Gasteiger partial charge < -0.3 is 4.74 Å². The molecule has 0 amide bonds. The van der Waals surface area contributed by atoms with Crippen LogP contribution in [-0.2, 0) is 15.8 Å². The smallest absolute Gasteiger partial charge is 0.242 e. The van der Waals surface area contributed by atoms with Crippen LogP contribution in [0.2, 0.25) is 0 Å². The van der Waals surface area contributed by atoms with Crippen molar-refractivity contribution in [3.63, 3.8) is 0 Å². The van der Waals surface area contributed by atoms with Gasteiger partial charge in [-0.1, -0.05) is 12.1 Å². The molecule has 3 aromatic rings. The maximum Gasteiger partial charge on any atom is 0.242 e. The van der Waals surface area contributed by atoms with E-state index in [9.17, 15) is 8.42 Å². The number of fused-ring (bicyclic) bond motifs is 1. The Kier molecular flexibility index (Phi) is 5.74. The second kappa shape index (κ2) is 7.88. The normalized spacial score (nSPS) is 11.9. The summed E-state index contributed by atoms with van der Waals surface area (Å²) in [7, 11) is 1.28. The molecule has 0 bridgehead atoms. The van der Waals surface area contributed by atoms with Gasteiger partial charge in [0.25, 0.3) is 0 Å². The van der Waals surface area contributed by atoms with Gasteiger partial charge in [0.2, 0.25) is 10.0 Å². The summed E-state index contributed by atoms with van der Waals surface area (Å²) in [5.74, 6) is 1.41. The molecule has 0 radical (unpaired) electrons. The Morgan fingerprint density at radius 2 is 1.89 bits per heavy atom. The standard InChI is InChI=1S/C20H22N2O3S2/c1-14-10-20(21-19-12-16(25-4)8-9-18(14)19)26-13-15-6-5-7-17(11-15)27(23,24)22(2)3/h5-12H,13H2,1-4H3. The van der Waals surface area contributed by atoms with Gasteiger partial charge in [0.05, 0.1) is 22.5 Å². The number of hydrogen-bond donors (Lipinski definition) is 0. The summed E-state index contributed by atoms with van der Waals surface area (Å²) < 4.78 is 31.1. The minimum absolute atomic E-state index is 0.304. The lowest BCUT2D eigenvalue weighted by molar-refractivity contribution is 0.415. The Morgan fingerprint density at radius 3 is 2.59 bits per heavy atom. The number of hydrogen-bond acceptors (Lipinski definition) is 5. The van der Waals surface area contributed by atoms with E-state index in [1.54, 1.807) is 37.1 Å². The molecule has 5 nitrogen and oxygen atoms in total. The van der Waals surface area contributed by atoms with Crippen LogP contribution in [0.4, 0.5) is 0 Å². The van der Waals surface area contributed by atoms with Crippen molar-refractivity contribution in [2.45, 2.75) is 22.6 Å². The Morgan fingerprint density at radius 1 is 1.11 bits per heavy atom. The van der Waals surface area contributed by atoms with Crippen LogP contribution < -0.4 is 4.74 Å². The first-order valence-corrected chi connectivity index (χ1v) is 10.8. The van der Waals surface area contributed by atoms with E-state index in [1.165, 1.54) is 18.4 Å². The van der Waals surface area contributed by atoms with Crippen LogP contribution in [0.25, 0.3) is 10.9 Å². The Balaban J connectivity index is 1.85. The monoisotopic (exact) mass is 402 g/mol. The second-order valence-electron chi connectivity index (χ2n) is 6.38. The highest BCUT2D eigenvalue weighted by Crippen LogP contribution is 2.29. The molecule has 27 heavy (non-hydrogen) atoms. The van der Waals surface area contributed by atoms with Crippen molar-refractivity contribution in [2.24, 2.45) is 0 Å². The van der Waals surface area contributed by atoms with Gasteiger partial charge in [0, 0.05) is 31.3 Å². The molecule has 0 unspecified atom stereocenters. The number of aromatic nitrogens is 1. The number of nitrogens with zero attached hydrogens (tertiary/aromatic N) is 2. The molecule has 0 fully saturated rings. The number of sulfonamides is 1. The van der Waals surface area contributed by atoms with Crippen LogP contribution in [0, 0.1) is 6.92 Å². The number of benzene rings is 2. The molecule has 0 atom stereocenters. The topological polar surface area (TPSA) is 59.5 Å². The molecule has 0 aliphatic heterocycles. The zero-order valence-corrected chi connectivity index (χ0v) is 17.4. The van der Waals surface area contributed by atoms with Crippen molar-refractivity contribution in [1.29, 1.82) is 0 Å². The summed E-state index contributed by atoms with van der Waals surface area (Å²) in [6.45, 7) is 2.06. The predicted molar refractivity (Wildman–Crippen MR) is 110 cm³/mol. The Hall–Kier alpha value is -2.09. The first kappa shape index (κ1) is 19.7. The van der Waals surface area contributed by atoms with E-state index < -0.39 is 10.0 Å². The van der Waals surface area contributed by atoms with E-state index in [1.807, 2.05) is 24.3 Å². The highest BCUT2D eigenvalue weighted by molar-refractivity contribution is 7.98. The van der Waals surface area contributed by atoms with E-state index >= 15 is 0 Å². The number of ether oxygens (including phenoxy) is 1. The number of rotatable bonds is 6. The lowest BCUT2D eigenvalue weighted by Gasteiger charge is -2.12. The molecular weight excluding hydrogens is 380 g/mol. The quantitative estimate of drug-likeness (QED) is 0.581. The zero-order chi connectivity index (χ0) is 19.6. The van der Waals surface area contributed by atoms with Crippen LogP contribution >= 0.6 is 11.8 Å². The SMILES string of the molecule is COc1ccc2c(C)cc(SCc3cccc(S(=O)(=O)N(C)C)c3)nc2c1. The van der Waals surface area contributed by atoms with Crippen molar-refractivity contribution in [3.05, 3.63) is 59.7 Å². The molecule has 1 aromatic heterocycles. The molecule has 0 spiro atoms. The third-order valence-corrected chi connectivity index (χ3v) is 7.06. The van der Waals surface area contributed by atoms with Gasteiger partial charge in [0.1, 0.15) is 5.75 Å². The average molecular weight is 403 g/mol. The lowest BCUT2D eigenvalue weighted by atomic mass is 10.1. The molecular formula is C20H22N2O3S2. The van der Waals surface area contributed by atoms with Crippen molar-refractivity contribution >= 4 is 32.7 Å². The van der Waals surface area contributed by atoms with Gasteiger partial charge >= 0.3 is 0 Å². The first-order chi connectivity index (χ1) is 12.8. The summed E-state index contributed by atoms with van der Waals surface area (Å²) in [4.78, 5) is 5.02. The molecule has 1 heterocycles. The highest BCUT2D eigenvalue weighted by Gasteiger charge is 2.17. The zero-order valence-electron chi connectivity index (χ0n) is 15.8. The van der Waals surface area contributed by atoms with Gasteiger partial charge in [0.15, 0.2) is 0 Å². The summed E-state index contributed by atoms with van der Waals surface area (Å²) in [6.07, 6.45) is 0. The molecule has 0 aliphatic rings. The van der Waals surface area contributed by atoms with Crippen LogP contribution in [-0.4, -0.2) is 38.9 Å². The molecule has 3 rings (SSSR count). The maximum atomic E-state index is 12.3. The van der Waals surface area contributed by atoms with Crippen LogP contribution in [0.1, 0.15) is 11.1 Å². The minimum atomic E-state index is -3.43. The van der Waals surface area contributed by atoms with Gasteiger partial charge in [-0.3, -0.25) is 0 Å². The van der Waals surface area contributed by atoms with Gasteiger partial charge in [-0.25, -0.2) is 17.7 Å². The largest absolute Gasteiger partial charge is 0.497 e. The van der Waals surface area contributed by atoms with Crippen molar-refractivity contribution in [1.82, 2.24) is 9.29 Å². The lowest BCUT2D eigenvalue weighted by Crippen LogP contribution is -2.22. The summed E-state index contributed by atoms with van der Waals surface area (Å²) >= 11 is 1.58. The van der Waals surface area contributed by atoms with Gasteiger partial charge in [-0.05, 0) is 48.4 Å². The van der Waals surface area contributed by atoms with Crippen LogP contribution in [0.3, 0.4) is 0 Å². The van der Waals surface area contributed by atoms with Crippen LogP contribution in [0.15, 0.2) is 58.5 Å². The molecule has 0 saturated heterocycles.